The van der Waals surface area contributed by atoms with E-state index in [9.17, 15) is 4.55 Å². The van der Waals surface area contributed by atoms with E-state index in [4.69, 9.17) is 0 Å². The molecular weight excluding hydrogens is 267 g/mol. The first-order valence-corrected chi connectivity index (χ1v) is 7.97. The predicted molar refractivity (Wildman–Crippen MR) is 78.7 cm³/mol. The summed E-state index contributed by atoms with van der Waals surface area (Å²) in [5.41, 5.74) is 0. The molecule has 0 saturated heterocycles. The summed E-state index contributed by atoms with van der Waals surface area (Å²) >= 11 is 3.52. The monoisotopic (exact) mass is 280 g/mol. The third kappa shape index (κ3) is 3.35. The van der Waals surface area contributed by atoms with Crippen LogP contribution in [0.15, 0.2) is 55.9 Å². The molecule has 1 nitrogen and oxygen atoms in total. The van der Waals surface area contributed by atoms with Gasteiger partial charge in [0, 0.05) is 15.9 Å². The van der Waals surface area contributed by atoms with E-state index in [-0.39, 0.29) is 40.5 Å². The molecule has 1 aromatic rings. The Bertz CT molecular complexity index is 417. The number of allylic oxidation sites excluding steroid dienone is 2. The summed E-state index contributed by atoms with van der Waals surface area (Å²) in [7, 11) is -0.374. The molecule has 0 N–H and O–H groups in total. The molecule has 2 rings (SSSR count). The minimum atomic E-state index is -0.919. The van der Waals surface area contributed by atoms with Crippen LogP contribution in [0.25, 0.3) is 0 Å². The first-order chi connectivity index (χ1) is 7.18. The van der Waals surface area contributed by atoms with Crippen LogP contribution in [-0.4, -0.2) is 40.4 Å². The molecule has 1 heterocycles. The molecule has 0 bridgehead atoms. The Kier molecular flexibility index (Phi) is 6.08. The molecule has 1 aliphatic rings. The topological polar surface area (TPSA) is 23.1 Å². The van der Waals surface area contributed by atoms with Crippen LogP contribution in [0.2, 0.25) is 0 Å². The maximum absolute atomic E-state index is 11.4. The molecule has 16 heavy (non-hydrogen) atoms. The van der Waals surface area contributed by atoms with Crippen LogP contribution in [0.4, 0.5) is 0 Å². The molecule has 0 radical (unpaired) electrons. The third-order valence-electron chi connectivity index (χ3n) is 2.16. The van der Waals surface area contributed by atoms with Gasteiger partial charge in [-0.05, 0) is 34.1 Å². The summed E-state index contributed by atoms with van der Waals surface area (Å²) in [6.07, 6.45) is 5.80. The fraction of sp³-hybridized carbons (Fsp3) is 0.0909. The van der Waals surface area contributed by atoms with Crippen molar-refractivity contribution >= 4 is 64.3 Å². The van der Waals surface area contributed by atoms with Gasteiger partial charge in [-0.3, -0.25) is 0 Å². The molecule has 0 aliphatic carbocycles. The van der Waals surface area contributed by atoms with E-state index in [1.54, 1.807) is 6.26 Å². The van der Waals surface area contributed by atoms with Gasteiger partial charge in [0.05, 0.1) is 0 Å². The second kappa shape index (κ2) is 6.59. The third-order valence-corrected chi connectivity index (χ3v) is 5.56. The summed E-state index contributed by atoms with van der Waals surface area (Å²) < 4.78 is 11.4. The molecule has 0 spiro atoms. The van der Waals surface area contributed by atoms with Crippen molar-refractivity contribution in [3.05, 3.63) is 41.2 Å². The standard InChI is InChI=1S/C11H12OS3.Na.H/c1-14(12)9-4-5-10(13)11(8-9)15-6-2-3-7-15;;/h2-8,13,15H,1H3;;. The van der Waals surface area contributed by atoms with Crippen molar-refractivity contribution in [1.82, 2.24) is 0 Å². The number of rotatable bonds is 2. The molecule has 0 saturated carbocycles. The summed E-state index contributed by atoms with van der Waals surface area (Å²) in [6.45, 7) is 0. The van der Waals surface area contributed by atoms with Gasteiger partial charge in [-0.1, -0.05) is 12.2 Å². The van der Waals surface area contributed by atoms with Crippen molar-refractivity contribution in [2.75, 3.05) is 6.26 Å². The fourth-order valence-corrected chi connectivity index (χ4v) is 4.12. The van der Waals surface area contributed by atoms with Gasteiger partial charge in [-0.25, -0.2) is 0 Å². The van der Waals surface area contributed by atoms with E-state index in [0.717, 1.165) is 9.79 Å². The Morgan fingerprint density at radius 3 is 2.44 bits per heavy atom. The van der Waals surface area contributed by atoms with Gasteiger partial charge in [0.15, 0.2) is 4.90 Å². The van der Waals surface area contributed by atoms with Gasteiger partial charge < -0.3 is 4.55 Å². The number of thiol groups is 2. The average molecular weight is 280 g/mol. The molecule has 5 heteroatoms. The second-order valence-corrected chi connectivity index (χ2v) is 6.95. The van der Waals surface area contributed by atoms with Gasteiger partial charge in [0.25, 0.3) is 0 Å². The Labute approximate surface area is 130 Å². The van der Waals surface area contributed by atoms with Crippen molar-refractivity contribution in [3.63, 3.8) is 0 Å². The van der Waals surface area contributed by atoms with Crippen LogP contribution >= 0.6 is 23.5 Å². The minimum absolute atomic E-state index is 0. The first kappa shape index (κ1) is 14.8. The molecular formula is C11H13NaOS3. The van der Waals surface area contributed by atoms with E-state index < -0.39 is 11.2 Å². The molecule has 1 aromatic carbocycles. The van der Waals surface area contributed by atoms with Crippen LogP contribution in [0, 0.1) is 0 Å². The van der Waals surface area contributed by atoms with E-state index in [1.807, 2.05) is 18.2 Å². The van der Waals surface area contributed by atoms with Gasteiger partial charge in [0.2, 0.25) is 0 Å². The summed E-state index contributed by atoms with van der Waals surface area (Å²) in [6, 6.07) is 5.81. The number of hydrogen-bond donors (Lipinski definition) is 2. The molecule has 1 aliphatic heterocycles. The van der Waals surface area contributed by atoms with Crippen molar-refractivity contribution in [3.8, 4) is 0 Å². The first-order valence-electron chi connectivity index (χ1n) is 4.48. The van der Waals surface area contributed by atoms with Crippen molar-refractivity contribution < 1.29 is 4.55 Å². The van der Waals surface area contributed by atoms with E-state index in [2.05, 4.69) is 35.6 Å². The van der Waals surface area contributed by atoms with Crippen molar-refractivity contribution in [1.29, 1.82) is 0 Å². The van der Waals surface area contributed by atoms with Gasteiger partial charge in [-0.15, -0.1) is 12.6 Å². The zero-order valence-electron chi connectivity index (χ0n) is 8.25. The Morgan fingerprint density at radius 1 is 1.25 bits per heavy atom. The number of benzene rings is 1. The Balaban J connectivity index is 0.00000128. The zero-order chi connectivity index (χ0) is 10.8. The average Bonchev–Trinajstić information content (AvgIpc) is 2.71. The second-order valence-electron chi connectivity index (χ2n) is 3.19. The maximum atomic E-state index is 11.4. The van der Waals surface area contributed by atoms with Gasteiger partial charge in [-0.2, -0.15) is 10.9 Å². The van der Waals surface area contributed by atoms with Crippen LogP contribution in [0.5, 0.6) is 0 Å². The zero-order valence-corrected chi connectivity index (χ0v) is 10.9. The van der Waals surface area contributed by atoms with Crippen molar-refractivity contribution in [2.24, 2.45) is 0 Å². The molecule has 0 aromatic heterocycles. The van der Waals surface area contributed by atoms with E-state index in [1.165, 1.54) is 4.90 Å². The Morgan fingerprint density at radius 2 is 1.88 bits per heavy atom. The number of hydrogen-bond acceptors (Lipinski definition) is 2. The Hall–Kier alpha value is 0.710. The van der Waals surface area contributed by atoms with Crippen molar-refractivity contribution in [2.45, 2.75) is 14.7 Å². The van der Waals surface area contributed by atoms with E-state index >= 15 is 0 Å². The summed E-state index contributed by atoms with van der Waals surface area (Å²) in [5.74, 6) is 0. The van der Waals surface area contributed by atoms with Crippen LogP contribution < -0.4 is 0 Å². The fourth-order valence-electron chi connectivity index (χ4n) is 1.38. The summed E-state index contributed by atoms with van der Waals surface area (Å²) in [4.78, 5) is 3.04. The van der Waals surface area contributed by atoms with E-state index in [0.29, 0.717) is 0 Å². The normalized spacial score (nSPS) is 17.3. The van der Waals surface area contributed by atoms with Crippen LogP contribution in [0.1, 0.15) is 0 Å². The molecule has 1 atom stereocenters. The van der Waals surface area contributed by atoms with Crippen LogP contribution in [0.3, 0.4) is 0 Å². The summed E-state index contributed by atoms with van der Waals surface area (Å²) in [5, 5.41) is 4.35. The molecule has 0 amide bonds. The SMILES string of the molecule is C[S+]([O-])c1ccc(S)c([SH]2C=CC=C2)c1.[NaH]. The molecule has 82 valence electrons. The predicted octanol–water partition coefficient (Wildman–Crippen LogP) is 2.47. The quantitative estimate of drug-likeness (QED) is 0.485. The van der Waals surface area contributed by atoms with Crippen LogP contribution in [-0.2, 0) is 11.2 Å². The van der Waals surface area contributed by atoms with Gasteiger partial charge in [0.1, 0.15) is 6.26 Å². The molecule has 0 fully saturated rings. The molecule has 1 unspecified atom stereocenters. The van der Waals surface area contributed by atoms with Gasteiger partial charge >= 0.3 is 29.6 Å².